The molecular formula is C77H124O6. The molecule has 0 saturated heterocycles. The molecule has 0 N–H and O–H groups in total. The summed E-state index contributed by atoms with van der Waals surface area (Å²) in [7, 11) is 0. The highest BCUT2D eigenvalue weighted by Crippen LogP contribution is 2.15. The van der Waals surface area contributed by atoms with Crippen LogP contribution in [0.2, 0.25) is 0 Å². The average Bonchev–Trinajstić information content (AvgIpc) is 3.49. The summed E-state index contributed by atoms with van der Waals surface area (Å²) in [5, 5.41) is 0. The van der Waals surface area contributed by atoms with Crippen LogP contribution in [0.25, 0.3) is 0 Å². The van der Waals surface area contributed by atoms with E-state index in [0.717, 1.165) is 128 Å². The molecule has 0 aromatic rings. The second-order valence-electron chi connectivity index (χ2n) is 22.0. The molecule has 0 heterocycles. The Kier molecular flexibility index (Phi) is 65.4. The van der Waals surface area contributed by atoms with Crippen molar-refractivity contribution in [2.45, 2.75) is 297 Å². The SMILES string of the molecule is CC/C=C\C/C=C\C/C=C\C/C=C\C/C=C\C/C=C\CCCCCCCCCCCCC(=O)OCC(COC(=O)CCC/C=C\C/C=C\C/C=C\C/C=C\C/C=C\CC)OC(=O)CCCCCCCCCCC/C=C\C/C=C\CCCCC. The minimum absolute atomic E-state index is 0.105. The van der Waals surface area contributed by atoms with Crippen LogP contribution in [-0.2, 0) is 28.6 Å². The van der Waals surface area contributed by atoms with E-state index < -0.39 is 6.10 Å². The van der Waals surface area contributed by atoms with Crippen LogP contribution in [0.5, 0.6) is 0 Å². The summed E-state index contributed by atoms with van der Waals surface area (Å²) in [6.45, 7) is 6.34. The maximum absolute atomic E-state index is 12.9. The van der Waals surface area contributed by atoms with Gasteiger partial charge in [-0.2, -0.15) is 0 Å². The number of allylic oxidation sites excluding steroid dienone is 26. The highest BCUT2D eigenvalue weighted by atomic mass is 16.6. The third kappa shape index (κ3) is 67.7. The smallest absolute Gasteiger partial charge is 0.306 e. The molecule has 0 aromatic heterocycles. The Balaban J connectivity index is 4.42. The summed E-state index contributed by atoms with van der Waals surface area (Å²) < 4.78 is 16.9. The summed E-state index contributed by atoms with van der Waals surface area (Å²) in [5.74, 6) is -0.972. The molecule has 0 saturated carbocycles. The normalized spacial score (nSPS) is 13.1. The van der Waals surface area contributed by atoms with Crippen LogP contribution < -0.4 is 0 Å². The molecule has 0 spiro atoms. The van der Waals surface area contributed by atoms with E-state index >= 15 is 0 Å². The van der Waals surface area contributed by atoms with Crippen LogP contribution >= 0.6 is 0 Å². The van der Waals surface area contributed by atoms with Gasteiger partial charge in [0, 0.05) is 19.3 Å². The van der Waals surface area contributed by atoms with Crippen molar-refractivity contribution in [3.63, 3.8) is 0 Å². The summed E-state index contributed by atoms with van der Waals surface area (Å²) in [4.78, 5) is 38.4. The lowest BCUT2D eigenvalue weighted by atomic mass is 10.1. The van der Waals surface area contributed by atoms with Gasteiger partial charge in [0.2, 0.25) is 0 Å². The van der Waals surface area contributed by atoms with Crippen LogP contribution in [0.15, 0.2) is 158 Å². The van der Waals surface area contributed by atoms with Gasteiger partial charge in [-0.1, -0.05) is 288 Å². The fraction of sp³-hybridized carbons (Fsp3) is 0.623. The maximum atomic E-state index is 12.9. The number of ether oxygens (including phenoxy) is 3. The number of hydrogen-bond donors (Lipinski definition) is 0. The lowest BCUT2D eigenvalue weighted by Gasteiger charge is -2.18. The first-order valence-corrected chi connectivity index (χ1v) is 34.0. The summed E-state index contributed by atoms with van der Waals surface area (Å²) in [6, 6.07) is 0. The van der Waals surface area contributed by atoms with Gasteiger partial charge in [0.15, 0.2) is 6.10 Å². The van der Waals surface area contributed by atoms with Gasteiger partial charge in [-0.3, -0.25) is 14.4 Å². The van der Waals surface area contributed by atoms with Gasteiger partial charge in [0.25, 0.3) is 0 Å². The van der Waals surface area contributed by atoms with Gasteiger partial charge in [-0.15, -0.1) is 0 Å². The van der Waals surface area contributed by atoms with E-state index in [0.29, 0.717) is 19.3 Å². The molecule has 1 atom stereocenters. The van der Waals surface area contributed by atoms with Crippen molar-refractivity contribution in [3.8, 4) is 0 Å². The molecule has 0 aliphatic rings. The Morgan fingerprint density at radius 1 is 0.253 bits per heavy atom. The van der Waals surface area contributed by atoms with Crippen LogP contribution in [0.1, 0.15) is 290 Å². The van der Waals surface area contributed by atoms with Crippen molar-refractivity contribution in [1.29, 1.82) is 0 Å². The first kappa shape index (κ1) is 78.0. The Morgan fingerprint density at radius 3 is 0.783 bits per heavy atom. The predicted octanol–water partition coefficient (Wildman–Crippen LogP) is 23.7. The number of unbranched alkanes of at least 4 members (excludes halogenated alkanes) is 23. The third-order valence-electron chi connectivity index (χ3n) is 14.0. The van der Waals surface area contributed by atoms with Gasteiger partial charge in [0.1, 0.15) is 13.2 Å². The topological polar surface area (TPSA) is 78.9 Å². The highest BCUT2D eigenvalue weighted by molar-refractivity contribution is 5.71. The van der Waals surface area contributed by atoms with Gasteiger partial charge in [0.05, 0.1) is 0 Å². The molecule has 0 aliphatic carbocycles. The van der Waals surface area contributed by atoms with Crippen molar-refractivity contribution in [2.75, 3.05) is 13.2 Å². The van der Waals surface area contributed by atoms with Gasteiger partial charge >= 0.3 is 17.9 Å². The zero-order valence-electron chi connectivity index (χ0n) is 53.7. The first-order valence-electron chi connectivity index (χ1n) is 34.0. The Labute approximate surface area is 511 Å². The zero-order valence-corrected chi connectivity index (χ0v) is 53.7. The largest absolute Gasteiger partial charge is 0.462 e. The predicted molar refractivity (Wildman–Crippen MR) is 362 cm³/mol. The van der Waals surface area contributed by atoms with E-state index in [1.807, 2.05) is 0 Å². The molecule has 0 amide bonds. The standard InChI is InChI=1S/C77H124O6/c1-4-7-10-13-16-19-22-25-28-31-33-34-35-36-37-38-39-40-41-42-44-46-49-52-55-58-61-64-67-70-76(79)82-73-74(72-81-75(78)69-66-63-60-57-54-51-48-45-30-27-24-21-18-15-12-9-6-3)83-77(80)71-68-65-62-59-56-53-50-47-43-32-29-26-23-20-17-14-11-8-5-2/h7,9-10,12,16-21,25-30,33-34,36-37,39-40,48,51,57,60,74H,4-6,8,11,13-15,22-24,31-32,35,38,41-47,49-50,52-56,58-59,61-73H2,1-3H3/b10-7-,12-9-,19-16-,20-17-,21-18-,28-25-,29-26-,30-27-,34-33-,37-36-,40-39-,51-48-,60-57-. The Morgan fingerprint density at radius 2 is 0.482 bits per heavy atom. The van der Waals surface area contributed by atoms with Crippen molar-refractivity contribution >= 4 is 17.9 Å². The third-order valence-corrected chi connectivity index (χ3v) is 14.0. The van der Waals surface area contributed by atoms with Crippen molar-refractivity contribution < 1.29 is 28.6 Å². The Hall–Kier alpha value is -4.97. The minimum atomic E-state index is -0.814. The molecule has 0 aromatic carbocycles. The molecule has 83 heavy (non-hydrogen) atoms. The molecule has 6 heteroatoms. The fourth-order valence-corrected chi connectivity index (χ4v) is 8.98. The van der Waals surface area contributed by atoms with Crippen LogP contribution in [-0.4, -0.2) is 37.2 Å². The molecular weight excluding hydrogens is 1020 g/mol. The van der Waals surface area contributed by atoms with Gasteiger partial charge < -0.3 is 14.2 Å². The van der Waals surface area contributed by atoms with Gasteiger partial charge in [-0.25, -0.2) is 0 Å². The van der Waals surface area contributed by atoms with Crippen molar-refractivity contribution in [3.05, 3.63) is 158 Å². The minimum Gasteiger partial charge on any atom is -0.462 e. The second-order valence-corrected chi connectivity index (χ2v) is 22.0. The number of hydrogen-bond acceptors (Lipinski definition) is 6. The van der Waals surface area contributed by atoms with E-state index in [1.54, 1.807) is 0 Å². The fourth-order valence-electron chi connectivity index (χ4n) is 8.98. The number of esters is 3. The van der Waals surface area contributed by atoms with E-state index in [4.69, 9.17) is 14.2 Å². The van der Waals surface area contributed by atoms with Crippen molar-refractivity contribution in [2.24, 2.45) is 0 Å². The molecule has 6 nitrogen and oxygen atoms in total. The monoisotopic (exact) mass is 1140 g/mol. The van der Waals surface area contributed by atoms with E-state index in [1.165, 1.54) is 116 Å². The summed E-state index contributed by atoms with van der Waals surface area (Å²) in [5.41, 5.74) is 0. The molecule has 1 unspecified atom stereocenters. The van der Waals surface area contributed by atoms with E-state index in [2.05, 4.69) is 179 Å². The number of carbonyl (C=O) groups is 3. The molecule has 0 fully saturated rings. The molecule has 0 aliphatic heterocycles. The molecule has 0 bridgehead atoms. The first-order chi connectivity index (χ1) is 41.0. The highest BCUT2D eigenvalue weighted by Gasteiger charge is 2.19. The Bertz CT molecular complexity index is 1840. The number of rotatable bonds is 60. The van der Waals surface area contributed by atoms with Gasteiger partial charge in [-0.05, 0) is 141 Å². The summed E-state index contributed by atoms with van der Waals surface area (Å²) in [6.07, 6.45) is 101. The van der Waals surface area contributed by atoms with E-state index in [-0.39, 0.29) is 37.5 Å². The molecule has 0 radical (unpaired) electrons. The van der Waals surface area contributed by atoms with Crippen molar-refractivity contribution in [1.82, 2.24) is 0 Å². The van der Waals surface area contributed by atoms with Crippen LogP contribution in [0.4, 0.5) is 0 Å². The zero-order chi connectivity index (χ0) is 59.9. The average molecular weight is 1150 g/mol. The van der Waals surface area contributed by atoms with Crippen LogP contribution in [0.3, 0.4) is 0 Å². The molecule has 468 valence electrons. The lowest BCUT2D eigenvalue weighted by Crippen LogP contribution is -2.30. The lowest BCUT2D eigenvalue weighted by molar-refractivity contribution is -0.167. The second kappa shape index (κ2) is 69.5. The van der Waals surface area contributed by atoms with E-state index in [9.17, 15) is 14.4 Å². The van der Waals surface area contributed by atoms with Crippen LogP contribution in [0, 0.1) is 0 Å². The molecule has 0 rings (SSSR count). The quantitative estimate of drug-likeness (QED) is 0.0261. The number of carbonyl (C=O) groups excluding carboxylic acids is 3. The summed E-state index contributed by atoms with van der Waals surface area (Å²) >= 11 is 0. The maximum Gasteiger partial charge on any atom is 0.306 e.